The highest BCUT2D eigenvalue weighted by Gasteiger charge is 2.08. The van der Waals surface area contributed by atoms with Crippen molar-refractivity contribution in [3.63, 3.8) is 0 Å². The summed E-state index contributed by atoms with van der Waals surface area (Å²) in [6.45, 7) is -2.49. The highest BCUT2D eigenvalue weighted by Crippen LogP contribution is 2.19. The van der Waals surface area contributed by atoms with Crippen LogP contribution in [0.5, 0.6) is 5.75 Å². The number of ether oxygens (including phenoxy) is 2. The van der Waals surface area contributed by atoms with Crippen LogP contribution < -0.4 is 10.5 Å². The molecule has 0 radical (unpaired) electrons. The number of alkyl halides is 2. The molecular weight excluding hydrogens is 240 g/mol. The average molecular weight is 254 g/mol. The average Bonchev–Trinajstić information content (AvgIpc) is 2.17. The summed E-state index contributed by atoms with van der Waals surface area (Å²) < 4.78 is 33.0. The van der Waals surface area contributed by atoms with Crippen molar-refractivity contribution in [2.45, 2.75) is 12.7 Å². The number of methoxy groups -OCH3 is 1. The molecule has 3 nitrogen and oxygen atoms in total. The van der Waals surface area contributed by atoms with Crippen molar-refractivity contribution in [1.82, 2.24) is 0 Å². The number of benzene rings is 1. The third-order valence-corrected chi connectivity index (χ3v) is 1.86. The number of halogens is 3. The van der Waals surface area contributed by atoms with Gasteiger partial charge in [-0.3, -0.25) is 0 Å². The number of rotatable bonds is 5. The lowest BCUT2D eigenvalue weighted by Gasteiger charge is -2.12. The lowest BCUT2D eigenvalue weighted by molar-refractivity contribution is -0.0499. The fourth-order valence-corrected chi connectivity index (χ4v) is 1.20. The normalized spacial score (nSPS) is 12.1. The van der Waals surface area contributed by atoms with Crippen molar-refractivity contribution in [1.29, 1.82) is 0 Å². The van der Waals surface area contributed by atoms with Gasteiger partial charge in [0.25, 0.3) is 0 Å². The van der Waals surface area contributed by atoms with Crippen LogP contribution in [0.3, 0.4) is 0 Å². The molecule has 0 aliphatic carbocycles. The van der Waals surface area contributed by atoms with Crippen molar-refractivity contribution >= 4 is 12.4 Å². The Hall–Kier alpha value is -0.910. The van der Waals surface area contributed by atoms with E-state index in [2.05, 4.69) is 4.74 Å². The minimum Gasteiger partial charge on any atom is -0.435 e. The molecule has 0 aromatic heterocycles. The van der Waals surface area contributed by atoms with E-state index >= 15 is 0 Å². The highest BCUT2D eigenvalue weighted by molar-refractivity contribution is 5.85. The van der Waals surface area contributed by atoms with Gasteiger partial charge in [0.05, 0.1) is 12.6 Å². The van der Waals surface area contributed by atoms with Crippen LogP contribution in [0, 0.1) is 0 Å². The Morgan fingerprint density at radius 2 is 2.06 bits per heavy atom. The fourth-order valence-electron chi connectivity index (χ4n) is 1.20. The maximum Gasteiger partial charge on any atom is 0.387 e. The number of hydrogen-bond acceptors (Lipinski definition) is 3. The van der Waals surface area contributed by atoms with Crippen LogP contribution in [0.2, 0.25) is 0 Å². The standard InChI is InChI=1S/C10H13F2NO2.ClH/c1-14-6-9(13)7-3-2-4-8(5-7)15-10(11)12;/h2-5,9-10H,6,13H2,1H3;1H. The first kappa shape index (κ1) is 15.1. The Labute approximate surface area is 98.9 Å². The predicted molar refractivity (Wildman–Crippen MR) is 59.1 cm³/mol. The lowest BCUT2D eigenvalue weighted by atomic mass is 10.1. The Bertz CT molecular complexity index is 313. The molecule has 1 aromatic carbocycles. The second-order valence-corrected chi connectivity index (χ2v) is 3.01. The van der Waals surface area contributed by atoms with E-state index in [4.69, 9.17) is 10.5 Å². The molecule has 1 atom stereocenters. The second kappa shape index (κ2) is 7.38. The smallest absolute Gasteiger partial charge is 0.387 e. The van der Waals surface area contributed by atoms with Crippen molar-refractivity contribution < 1.29 is 18.3 Å². The summed E-state index contributed by atoms with van der Waals surface area (Å²) >= 11 is 0. The third kappa shape index (κ3) is 4.74. The van der Waals surface area contributed by atoms with Crippen LogP contribution in [0.1, 0.15) is 11.6 Å². The molecule has 2 N–H and O–H groups in total. The molecule has 16 heavy (non-hydrogen) atoms. The fraction of sp³-hybridized carbons (Fsp3) is 0.400. The summed E-state index contributed by atoms with van der Waals surface area (Å²) in [5.41, 5.74) is 6.44. The first-order valence-electron chi connectivity index (χ1n) is 4.42. The van der Waals surface area contributed by atoms with Crippen LogP contribution in [0.4, 0.5) is 8.78 Å². The number of nitrogens with two attached hydrogens (primary N) is 1. The van der Waals surface area contributed by atoms with Gasteiger partial charge in [-0.05, 0) is 17.7 Å². The van der Waals surface area contributed by atoms with Gasteiger partial charge in [0.1, 0.15) is 5.75 Å². The molecule has 0 spiro atoms. The highest BCUT2D eigenvalue weighted by atomic mass is 35.5. The molecule has 0 heterocycles. The van der Waals surface area contributed by atoms with Gasteiger partial charge in [-0.15, -0.1) is 12.4 Å². The zero-order valence-corrected chi connectivity index (χ0v) is 9.55. The molecule has 1 rings (SSSR count). The summed E-state index contributed by atoms with van der Waals surface area (Å²) in [6.07, 6.45) is 0. The van der Waals surface area contributed by atoms with Crippen LogP contribution in [-0.4, -0.2) is 20.3 Å². The third-order valence-electron chi connectivity index (χ3n) is 1.86. The molecule has 0 fully saturated rings. The maximum atomic E-state index is 11.9. The van der Waals surface area contributed by atoms with E-state index < -0.39 is 6.61 Å². The summed E-state index contributed by atoms with van der Waals surface area (Å²) in [6, 6.07) is 5.95. The second-order valence-electron chi connectivity index (χ2n) is 3.01. The first-order chi connectivity index (χ1) is 7.13. The monoisotopic (exact) mass is 253 g/mol. The summed E-state index contributed by atoms with van der Waals surface area (Å²) in [5.74, 6) is 0.106. The summed E-state index contributed by atoms with van der Waals surface area (Å²) in [4.78, 5) is 0. The maximum absolute atomic E-state index is 11.9. The Morgan fingerprint density at radius 3 is 2.62 bits per heavy atom. The minimum atomic E-state index is -2.82. The van der Waals surface area contributed by atoms with Crippen LogP contribution in [0.15, 0.2) is 24.3 Å². The van der Waals surface area contributed by atoms with E-state index in [0.29, 0.717) is 12.2 Å². The molecule has 0 bridgehead atoms. The van der Waals surface area contributed by atoms with Gasteiger partial charge >= 0.3 is 6.61 Å². The van der Waals surface area contributed by atoms with Gasteiger partial charge in [0.2, 0.25) is 0 Å². The largest absolute Gasteiger partial charge is 0.435 e. The van der Waals surface area contributed by atoms with Gasteiger partial charge in [-0.2, -0.15) is 8.78 Å². The predicted octanol–water partition coefficient (Wildman–Crippen LogP) is 2.36. The molecule has 1 unspecified atom stereocenters. The Morgan fingerprint density at radius 1 is 1.38 bits per heavy atom. The summed E-state index contributed by atoms with van der Waals surface area (Å²) in [7, 11) is 1.53. The van der Waals surface area contributed by atoms with E-state index in [0.717, 1.165) is 0 Å². The molecule has 0 aliphatic heterocycles. The molecule has 0 saturated heterocycles. The van der Waals surface area contributed by atoms with Crippen LogP contribution in [-0.2, 0) is 4.74 Å². The SMILES string of the molecule is COCC(N)c1cccc(OC(F)F)c1.Cl. The molecular formula is C10H14ClF2NO2. The van der Waals surface area contributed by atoms with E-state index in [-0.39, 0.29) is 24.2 Å². The van der Waals surface area contributed by atoms with Gasteiger partial charge in [-0.25, -0.2) is 0 Å². The van der Waals surface area contributed by atoms with E-state index in [9.17, 15) is 8.78 Å². The van der Waals surface area contributed by atoms with E-state index in [1.165, 1.54) is 19.2 Å². The summed E-state index contributed by atoms with van der Waals surface area (Å²) in [5, 5.41) is 0. The van der Waals surface area contributed by atoms with Gasteiger partial charge in [0, 0.05) is 7.11 Å². The molecule has 0 amide bonds. The van der Waals surface area contributed by atoms with Gasteiger partial charge in [-0.1, -0.05) is 12.1 Å². The first-order valence-corrected chi connectivity index (χ1v) is 4.42. The molecule has 0 saturated carbocycles. The van der Waals surface area contributed by atoms with Crippen molar-refractivity contribution in [3.05, 3.63) is 29.8 Å². The molecule has 0 aliphatic rings. The molecule has 6 heteroatoms. The van der Waals surface area contributed by atoms with Crippen LogP contribution in [0.25, 0.3) is 0 Å². The topological polar surface area (TPSA) is 44.5 Å². The van der Waals surface area contributed by atoms with Crippen LogP contribution >= 0.6 is 12.4 Å². The van der Waals surface area contributed by atoms with Gasteiger partial charge in [0.15, 0.2) is 0 Å². The van der Waals surface area contributed by atoms with Crippen molar-refractivity contribution in [3.8, 4) is 5.75 Å². The molecule has 1 aromatic rings. The molecule has 92 valence electrons. The zero-order chi connectivity index (χ0) is 11.3. The van der Waals surface area contributed by atoms with Crippen molar-refractivity contribution in [2.24, 2.45) is 5.73 Å². The quantitative estimate of drug-likeness (QED) is 0.876. The number of hydrogen-bond donors (Lipinski definition) is 1. The van der Waals surface area contributed by atoms with E-state index in [1.54, 1.807) is 12.1 Å². The Kier molecular flexibility index (Phi) is 6.96. The van der Waals surface area contributed by atoms with Gasteiger partial charge < -0.3 is 15.2 Å². The zero-order valence-electron chi connectivity index (χ0n) is 8.73. The lowest BCUT2D eigenvalue weighted by Crippen LogP contribution is -2.16. The van der Waals surface area contributed by atoms with Crippen molar-refractivity contribution in [2.75, 3.05) is 13.7 Å². The minimum absolute atomic E-state index is 0. The van der Waals surface area contributed by atoms with E-state index in [1.807, 2.05) is 0 Å². The Balaban J connectivity index is 0.00000225.